The molecule has 1 atom stereocenters. The van der Waals surface area contributed by atoms with Crippen LogP contribution in [0.3, 0.4) is 0 Å². The summed E-state index contributed by atoms with van der Waals surface area (Å²) < 4.78 is 14.1. The van der Waals surface area contributed by atoms with Crippen LogP contribution in [-0.2, 0) is 10.5 Å². The average molecular weight is 652 g/mol. The Bertz CT molecular complexity index is 1850. The summed E-state index contributed by atoms with van der Waals surface area (Å²) in [6.07, 6.45) is 0.584. The molecule has 2 N–H and O–H groups in total. The third-order valence-electron chi connectivity index (χ3n) is 8.07. The monoisotopic (exact) mass is 650 g/mol. The summed E-state index contributed by atoms with van der Waals surface area (Å²) in [5, 5.41) is 23.7. The standard InChI is InChI=1S/C33H29Cl2FN4O3S/c1-17-9-18(2)22(10-19(17)16-44-29-11-20(34)5-7-24(29)35)30-23(15-37)32(38)39(25-8-6-21(36)12-26(25)40(42)43)27-13-33(3,4)14-28(41)31(27)30/h5-12,30H,13-14,16,38H2,1-4H3. The van der Waals surface area contributed by atoms with Gasteiger partial charge in [0, 0.05) is 33.4 Å². The number of hydrogen-bond acceptors (Lipinski definition) is 7. The van der Waals surface area contributed by atoms with Crippen LogP contribution in [0.15, 0.2) is 76.1 Å². The number of Topliss-reactive ketones (excluding diaryl/α,β-unsaturated/α-hetero) is 1. The van der Waals surface area contributed by atoms with Crippen molar-refractivity contribution in [3.05, 3.63) is 119 Å². The number of halogens is 3. The maximum atomic E-state index is 14.1. The minimum atomic E-state index is -0.785. The summed E-state index contributed by atoms with van der Waals surface area (Å²) >= 11 is 14.1. The first-order valence-corrected chi connectivity index (χ1v) is 15.5. The highest BCUT2D eigenvalue weighted by molar-refractivity contribution is 7.98. The molecule has 1 aliphatic carbocycles. The molecule has 0 aromatic heterocycles. The van der Waals surface area contributed by atoms with Gasteiger partial charge in [0.05, 0.1) is 33.6 Å². The molecule has 3 aromatic rings. The molecule has 0 saturated heterocycles. The number of thioether (sulfide) groups is 1. The highest BCUT2D eigenvalue weighted by Gasteiger charge is 2.46. The first-order valence-electron chi connectivity index (χ1n) is 13.8. The third kappa shape index (κ3) is 5.82. The van der Waals surface area contributed by atoms with Crippen LogP contribution >= 0.6 is 35.0 Å². The van der Waals surface area contributed by atoms with Gasteiger partial charge in [-0.05, 0) is 78.3 Å². The molecule has 1 unspecified atom stereocenters. The minimum absolute atomic E-state index is 0.00535. The van der Waals surface area contributed by atoms with Crippen molar-refractivity contribution >= 4 is 52.1 Å². The number of ketones is 1. The maximum Gasteiger partial charge on any atom is 0.296 e. The smallest absolute Gasteiger partial charge is 0.296 e. The Morgan fingerprint density at radius 3 is 2.55 bits per heavy atom. The van der Waals surface area contributed by atoms with Gasteiger partial charge >= 0.3 is 0 Å². The van der Waals surface area contributed by atoms with E-state index in [-0.39, 0.29) is 29.3 Å². The molecule has 0 saturated carbocycles. The number of nitrogens with zero attached hydrogens (tertiary/aromatic N) is 3. The van der Waals surface area contributed by atoms with E-state index in [1.54, 1.807) is 18.2 Å². The van der Waals surface area contributed by atoms with Crippen LogP contribution in [0.4, 0.5) is 15.8 Å². The molecule has 0 bridgehead atoms. The van der Waals surface area contributed by atoms with E-state index in [1.165, 1.54) is 22.7 Å². The Hall–Kier alpha value is -3.84. The molecule has 0 amide bonds. The van der Waals surface area contributed by atoms with E-state index < -0.39 is 27.8 Å². The van der Waals surface area contributed by atoms with Crippen molar-refractivity contribution in [2.24, 2.45) is 11.1 Å². The normalized spacial score (nSPS) is 17.9. The van der Waals surface area contributed by atoms with E-state index >= 15 is 0 Å². The van der Waals surface area contributed by atoms with E-state index in [9.17, 15) is 24.6 Å². The van der Waals surface area contributed by atoms with Gasteiger partial charge in [-0.3, -0.25) is 19.8 Å². The zero-order valence-electron chi connectivity index (χ0n) is 24.5. The molecule has 226 valence electrons. The van der Waals surface area contributed by atoms with Crippen LogP contribution in [0.2, 0.25) is 10.0 Å². The minimum Gasteiger partial charge on any atom is -0.384 e. The number of nitro benzene ring substituents is 1. The zero-order chi connectivity index (χ0) is 32.1. The highest BCUT2D eigenvalue weighted by atomic mass is 35.5. The molecule has 7 nitrogen and oxygen atoms in total. The lowest BCUT2D eigenvalue weighted by Crippen LogP contribution is -2.42. The second kappa shape index (κ2) is 11.9. The number of rotatable bonds is 6. The van der Waals surface area contributed by atoms with Gasteiger partial charge in [-0.1, -0.05) is 49.2 Å². The van der Waals surface area contributed by atoms with Gasteiger partial charge in [-0.2, -0.15) is 5.26 Å². The van der Waals surface area contributed by atoms with Crippen molar-refractivity contribution in [2.45, 2.75) is 57.1 Å². The first kappa shape index (κ1) is 31.6. The lowest BCUT2D eigenvalue weighted by atomic mass is 9.68. The quantitative estimate of drug-likeness (QED) is 0.161. The van der Waals surface area contributed by atoms with Gasteiger partial charge in [0.25, 0.3) is 5.69 Å². The van der Waals surface area contributed by atoms with Crippen LogP contribution in [0.5, 0.6) is 0 Å². The van der Waals surface area contributed by atoms with Gasteiger partial charge in [-0.25, -0.2) is 4.39 Å². The Morgan fingerprint density at radius 2 is 1.86 bits per heavy atom. The summed E-state index contributed by atoms with van der Waals surface area (Å²) in [6.45, 7) is 7.80. The van der Waals surface area contributed by atoms with Crippen molar-refractivity contribution in [1.82, 2.24) is 0 Å². The molecule has 1 heterocycles. The molecule has 5 rings (SSSR count). The lowest BCUT2D eigenvalue weighted by Gasteiger charge is -2.43. The number of nitriles is 1. The number of anilines is 1. The molecule has 0 radical (unpaired) electrons. The third-order valence-corrected chi connectivity index (χ3v) is 9.85. The van der Waals surface area contributed by atoms with Crippen LogP contribution in [0.25, 0.3) is 0 Å². The number of nitro groups is 1. The fourth-order valence-electron chi connectivity index (χ4n) is 6.05. The molecule has 0 spiro atoms. The number of benzene rings is 3. The predicted octanol–water partition coefficient (Wildman–Crippen LogP) is 8.89. The summed E-state index contributed by atoms with van der Waals surface area (Å²) in [5.74, 6) is -1.22. The van der Waals surface area contributed by atoms with Gasteiger partial charge in [0.1, 0.15) is 17.3 Å². The van der Waals surface area contributed by atoms with E-state index in [2.05, 4.69) is 6.07 Å². The van der Waals surface area contributed by atoms with Crippen molar-refractivity contribution < 1.29 is 14.1 Å². The van der Waals surface area contributed by atoms with Crippen molar-refractivity contribution in [1.29, 1.82) is 5.26 Å². The fraction of sp³-hybridized carbons (Fsp3) is 0.273. The summed E-state index contributed by atoms with van der Waals surface area (Å²) in [5.41, 5.74) is 10.3. The van der Waals surface area contributed by atoms with Crippen LogP contribution < -0.4 is 10.6 Å². The molecule has 0 fully saturated rings. The van der Waals surface area contributed by atoms with Crippen molar-refractivity contribution in [3.63, 3.8) is 0 Å². The Kier molecular flexibility index (Phi) is 8.56. The zero-order valence-corrected chi connectivity index (χ0v) is 26.8. The maximum absolute atomic E-state index is 14.1. The summed E-state index contributed by atoms with van der Waals surface area (Å²) in [6, 6.07) is 14.7. The molecule has 44 heavy (non-hydrogen) atoms. The summed E-state index contributed by atoms with van der Waals surface area (Å²) in [4.78, 5) is 27.6. The summed E-state index contributed by atoms with van der Waals surface area (Å²) in [7, 11) is 0. The number of nitrogens with two attached hydrogens (primary N) is 1. The number of carbonyl (C=O) groups excluding carboxylic acids is 1. The van der Waals surface area contributed by atoms with Crippen LogP contribution in [0.1, 0.15) is 54.9 Å². The molecular weight excluding hydrogens is 622 g/mol. The molecule has 2 aliphatic rings. The number of aryl methyl sites for hydroxylation is 2. The van der Waals surface area contributed by atoms with Crippen molar-refractivity contribution in [3.8, 4) is 6.07 Å². The average Bonchev–Trinajstić information content (AvgIpc) is 2.93. The van der Waals surface area contributed by atoms with Crippen molar-refractivity contribution in [2.75, 3.05) is 4.90 Å². The van der Waals surface area contributed by atoms with E-state index in [0.717, 1.165) is 39.3 Å². The Morgan fingerprint density at radius 1 is 1.14 bits per heavy atom. The predicted molar refractivity (Wildman–Crippen MR) is 172 cm³/mol. The van der Waals surface area contributed by atoms with Crippen LogP contribution in [0, 0.1) is 46.5 Å². The van der Waals surface area contributed by atoms with E-state index in [0.29, 0.717) is 33.5 Å². The van der Waals surface area contributed by atoms with Gasteiger partial charge in [-0.15, -0.1) is 11.8 Å². The highest BCUT2D eigenvalue weighted by Crippen LogP contribution is 2.52. The van der Waals surface area contributed by atoms with Crippen LogP contribution in [-0.4, -0.2) is 10.7 Å². The number of allylic oxidation sites excluding steroid dienone is 3. The van der Waals surface area contributed by atoms with E-state index in [1.807, 2.05) is 39.8 Å². The number of hydrogen-bond donors (Lipinski definition) is 1. The number of carbonyl (C=O) groups is 1. The fourth-order valence-corrected chi connectivity index (χ4v) is 7.61. The Balaban J connectivity index is 1.70. The lowest BCUT2D eigenvalue weighted by molar-refractivity contribution is -0.384. The topological polar surface area (TPSA) is 113 Å². The largest absolute Gasteiger partial charge is 0.384 e. The molecule has 1 aliphatic heterocycles. The second-order valence-corrected chi connectivity index (χ2v) is 13.7. The molecule has 11 heteroatoms. The van der Waals surface area contributed by atoms with Gasteiger partial charge < -0.3 is 5.73 Å². The van der Waals surface area contributed by atoms with E-state index in [4.69, 9.17) is 28.9 Å². The van der Waals surface area contributed by atoms with Gasteiger partial charge in [0.2, 0.25) is 0 Å². The second-order valence-electron chi connectivity index (χ2n) is 11.9. The molecule has 3 aromatic carbocycles. The first-order chi connectivity index (χ1) is 20.7. The van der Waals surface area contributed by atoms with Gasteiger partial charge in [0.15, 0.2) is 5.78 Å². The SMILES string of the molecule is Cc1cc(C)c(C2C(C#N)=C(N)N(c3ccc(F)cc3[N+](=O)[O-])C3=C2C(=O)CC(C)(C)C3)cc1CSc1cc(Cl)ccc1Cl. The Labute approximate surface area is 269 Å². The molecular formula is C33H29Cl2FN4O3S.